The summed E-state index contributed by atoms with van der Waals surface area (Å²) in [5.41, 5.74) is 1.08. The number of rotatable bonds is 8. The minimum atomic E-state index is -3.43. The molecule has 5 nitrogen and oxygen atoms in total. The fourth-order valence-corrected chi connectivity index (χ4v) is 4.76. The van der Waals surface area contributed by atoms with Gasteiger partial charge in [-0.2, -0.15) is 0 Å². The van der Waals surface area contributed by atoms with Gasteiger partial charge in [-0.1, -0.05) is 30.3 Å². The Bertz CT molecular complexity index is 874. The molecule has 2 aromatic carbocycles. The van der Waals surface area contributed by atoms with E-state index in [-0.39, 0.29) is 16.6 Å². The minimum Gasteiger partial charge on any atom is -0.378 e. The summed E-state index contributed by atoms with van der Waals surface area (Å²) in [5, 5.41) is 2.92. The quantitative estimate of drug-likeness (QED) is 0.684. The van der Waals surface area contributed by atoms with Crippen LogP contribution in [0, 0.1) is 0 Å². The number of benzene rings is 2. The van der Waals surface area contributed by atoms with E-state index in [1.165, 1.54) is 6.42 Å². The Morgan fingerprint density at radius 2 is 1.89 bits per heavy atom. The molecule has 1 saturated heterocycles. The Labute approximate surface area is 167 Å². The summed E-state index contributed by atoms with van der Waals surface area (Å²) in [6.45, 7) is 1.43. The molecule has 0 saturated carbocycles. The maximum atomic E-state index is 12.5. The standard InChI is InChI=1S/C22H27NO4S/c24-22(23-14-7-11-20-10-4-5-15-27-20)19-9-6-8-18(16-19)17-28(25,26)21-12-2-1-3-13-21/h1-3,6,8-9,12-13,16,20H,4-5,7,10-11,14-15,17H2,(H,23,24)/t20-/m1/s1. The van der Waals surface area contributed by atoms with Gasteiger partial charge in [0.1, 0.15) is 0 Å². The second kappa shape index (κ2) is 9.85. The van der Waals surface area contributed by atoms with Gasteiger partial charge in [-0.3, -0.25) is 4.79 Å². The van der Waals surface area contributed by atoms with Crippen LogP contribution < -0.4 is 5.32 Å². The van der Waals surface area contributed by atoms with Crippen LogP contribution in [0.2, 0.25) is 0 Å². The first kappa shape index (κ1) is 20.6. The Kier molecular flexibility index (Phi) is 7.23. The minimum absolute atomic E-state index is 0.128. The predicted octanol–water partition coefficient (Wildman–Crippen LogP) is 3.74. The highest BCUT2D eigenvalue weighted by Crippen LogP contribution is 2.18. The van der Waals surface area contributed by atoms with Crippen molar-refractivity contribution in [3.63, 3.8) is 0 Å². The molecule has 1 N–H and O–H groups in total. The van der Waals surface area contributed by atoms with E-state index in [0.29, 0.717) is 23.8 Å². The van der Waals surface area contributed by atoms with Crippen molar-refractivity contribution in [3.8, 4) is 0 Å². The van der Waals surface area contributed by atoms with Gasteiger partial charge in [-0.05, 0) is 61.9 Å². The first-order valence-corrected chi connectivity index (χ1v) is 11.5. The predicted molar refractivity (Wildman–Crippen MR) is 109 cm³/mol. The number of carbonyl (C=O) groups is 1. The van der Waals surface area contributed by atoms with Crippen molar-refractivity contribution >= 4 is 15.7 Å². The maximum Gasteiger partial charge on any atom is 0.251 e. The van der Waals surface area contributed by atoms with Crippen LogP contribution in [-0.2, 0) is 20.3 Å². The van der Waals surface area contributed by atoms with Crippen molar-refractivity contribution in [2.45, 2.75) is 48.9 Å². The van der Waals surface area contributed by atoms with Gasteiger partial charge in [0, 0.05) is 18.7 Å². The molecule has 28 heavy (non-hydrogen) atoms. The molecule has 0 bridgehead atoms. The molecule has 1 aliphatic rings. The zero-order valence-electron chi connectivity index (χ0n) is 16.0. The van der Waals surface area contributed by atoms with Crippen LogP contribution in [0.3, 0.4) is 0 Å². The Morgan fingerprint density at radius 1 is 1.07 bits per heavy atom. The van der Waals surface area contributed by atoms with Crippen LogP contribution >= 0.6 is 0 Å². The van der Waals surface area contributed by atoms with Gasteiger partial charge in [-0.25, -0.2) is 8.42 Å². The highest BCUT2D eigenvalue weighted by Gasteiger charge is 2.16. The lowest BCUT2D eigenvalue weighted by Gasteiger charge is -2.22. The van der Waals surface area contributed by atoms with Crippen molar-refractivity contribution in [1.29, 1.82) is 0 Å². The average molecular weight is 402 g/mol. The smallest absolute Gasteiger partial charge is 0.251 e. The lowest BCUT2D eigenvalue weighted by Crippen LogP contribution is -2.26. The van der Waals surface area contributed by atoms with E-state index >= 15 is 0 Å². The normalized spacial score (nSPS) is 17.2. The summed E-state index contributed by atoms with van der Waals surface area (Å²) in [7, 11) is -3.43. The summed E-state index contributed by atoms with van der Waals surface area (Å²) < 4.78 is 30.8. The molecule has 2 aromatic rings. The first-order valence-electron chi connectivity index (χ1n) is 9.81. The molecule has 3 rings (SSSR count). The van der Waals surface area contributed by atoms with Gasteiger partial charge >= 0.3 is 0 Å². The van der Waals surface area contributed by atoms with E-state index in [1.807, 2.05) is 0 Å². The molecule has 1 atom stereocenters. The highest BCUT2D eigenvalue weighted by molar-refractivity contribution is 7.90. The number of hydrogen-bond donors (Lipinski definition) is 1. The molecule has 1 fully saturated rings. The number of ether oxygens (including phenoxy) is 1. The molecule has 0 spiro atoms. The fourth-order valence-electron chi connectivity index (χ4n) is 3.40. The van der Waals surface area contributed by atoms with E-state index in [4.69, 9.17) is 4.74 Å². The SMILES string of the molecule is O=C(NCCC[C@H]1CCCCO1)c1cccc(CS(=O)(=O)c2ccccc2)c1. The van der Waals surface area contributed by atoms with Gasteiger partial charge in [0.15, 0.2) is 9.84 Å². The molecule has 0 unspecified atom stereocenters. The van der Waals surface area contributed by atoms with Gasteiger partial charge in [0.05, 0.1) is 16.8 Å². The van der Waals surface area contributed by atoms with E-state index in [0.717, 1.165) is 32.3 Å². The van der Waals surface area contributed by atoms with Crippen molar-refractivity contribution < 1.29 is 17.9 Å². The summed E-state index contributed by atoms with van der Waals surface area (Å²) in [4.78, 5) is 12.7. The Hall–Kier alpha value is -2.18. The summed E-state index contributed by atoms with van der Waals surface area (Å²) in [5.74, 6) is -0.305. The third-order valence-corrected chi connectivity index (χ3v) is 6.61. The van der Waals surface area contributed by atoms with Gasteiger partial charge in [-0.15, -0.1) is 0 Å². The first-order chi connectivity index (χ1) is 13.5. The van der Waals surface area contributed by atoms with Crippen molar-refractivity contribution in [2.24, 2.45) is 0 Å². The number of nitrogens with one attached hydrogen (secondary N) is 1. The molecule has 6 heteroatoms. The summed E-state index contributed by atoms with van der Waals surface area (Å²) >= 11 is 0. The second-order valence-corrected chi connectivity index (χ2v) is 9.15. The van der Waals surface area contributed by atoms with E-state index < -0.39 is 9.84 Å². The van der Waals surface area contributed by atoms with Crippen LogP contribution in [0.4, 0.5) is 0 Å². The van der Waals surface area contributed by atoms with Crippen LogP contribution in [-0.4, -0.2) is 33.6 Å². The molecule has 1 aliphatic heterocycles. The van der Waals surface area contributed by atoms with Gasteiger partial charge in [0.2, 0.25) is 0 Å². The van der Waals surface area contributed by atoms with E-state index in [1.54, 1.807) is 54.6 Å². The zero-order valence-corrected chi connectivity index (χ0v) is 16.8. The third kappa shape index (κ3) is 5.91. The zero-order chi connectivity index (χ0) is 19.8. The number of carbonyl (C=O) groups excluding carboxylic acids is 1. The number of hydrogen-bond acceptors (Lipinski definition) is 4. The van der Waals surface area contributed by atoms with Crippen molar-refractivity contribution in [3.05, 3.63) is 65.7 Å². The van der Waals surface area contributed by atoms with Crippen molar-refractivity contribution in [2.75, 3.05) is 13.2 Å². The maximum absolute atomic E-state index is 12.5. The molecule has 0 radical (unpaired) electrons. The van der Waals surface area contributed by atoms with Crippen LogP contribution in [0.5, 0.6) is 0 Å². The Morgan fingerprint density at radius 3 is 2.64 bits per heavy atom. The van der Waals surface area contributed by atoms with Crippen LogP contribution in [0.1, 0.15) is 48.0 Å². The molecular weight excluding hydrogens is 374 g/mol. The summed E-state index contributed by atoms with van der Waals surface area (Å²) in [6.07, 6.45) is 5.61. The van der Waals surface area contributed by atoms with Crippen LogP contribution in [0.25, 0.3) is 0 Å². The molecule has 1 heterocycles. The fraction of sp³-hybridized carbons (Fsp3) is 0.409. The number of sulfone groups is 1. The van der Waals surface area contributed by atoms with Crippen molar-refractivity contribution in [1.82, 2.24) is 5.32 Å². The molecule has 1 amide bonds. The Balaban J connectivity index is 1.53. The van der Waals surface area contributed by atoms with E-state index in [9.17, 15) is 13.2 Å². The molecular formula is C22H27NO4S. The van der Waals surface area contributed by atoms with Gasteiger partial charge < -0.3 is 10.1 Å². The monoisotopic (exact) mass is 401 g/mol. The molecule has 150 valence electrons. The van der Waals surface area contributed by atoms with E-state index in [2.05, 4.69) is 5.32 Å². The van der Waals surface area contributed by atoms with Gasteiger partial charge in [0.25, 0.3) is 5.91 Å². The lowest BCUT2D eigenvalue weighted by molar-refractivity contribution is 0.0102. The average Bonchev–Trinajstić information content (AvgIpc) is 2.72. The third-order valence-electron chi connectivity index (χ3n) is 4.91. The van der Waals surface area contributed by atoms with Crippen LogP contribution in [0.15, 0.2) is 59.5 Å². The highest BCUT2D eigenvalue weighted by atomic mass is 32.2. The largest absolute Gasteiger partial charge is 0.378 e. The second-order valence-electron chi connectivity index (χ2n) is 7.16. The topological polar surface area (TPSA) is 72.5 Å². The molecule has 0 aliphatic carbocycles. The number of amides is 1. The summed E-state index contributed by atoms with van der Waals surface area (Å²) in [6, 6.07) is 15.2. The lowest BCUT2D eigenvalue weighted by atomic mass is 10.0. The molecule has 0 aromatic heterocycles.